The number of amides is 1. The SMILES string of the molecule is CN(C)CC(C)(C)CNC(=O)C1CCN(c2cc(Nc3ccccc3)nc(N)n2)CC1. The summed E-state index contributed by atoms with van der Waals surface area (Å²) in [6.07, 6.45) is 1.59. The zero-order chi connectivity index (χ0) is 22.4. The number of para-hydroxylation sites is 1. The summed E-state index contributed by atoms with van der Waals surface area (Å²) < 4.78 is 0. The van der Waals surface area contributed by atoms with Gasteiger partial charge in [-0.3, -0.25) is 4.79 Å². The van der Waals surface area contributed by atoms with Crippen molar-refractivity contribution in [2.45, 2.75) is 26.7 Å². The number of carbonyl (C=O) groups is 1. The number of nitrogen functional groups attached to an aromatic ring is 1. The number of nitrogens with zero attached hydrogens (tertiary/aromatic N) is 4. The molecule has 8 nitrogen and oxygen atoms in total. The second-order valence-electron chi connectivity index (χ2n) is 9.34. The van der Waals surface area contributed by atoms with Crippen molar-refractivity contribution in [3.8, 4) is 0 Å². The first-order valence-electron chi connectivity index (χ1n) is 10.9. The van der Waals surface area contributed by atoms with Crippen molar-refractivity contribution in [2.75, 3.05) is 56.2 Å². The van der Waals surface area contributed by atoms with Crippen molar-refractivity contribution in [1.82, 2.24) is 20.2 Å². The molecule has 0 aliphatic carbocycles. The van der Waals surface area contributed by atoms with Crippen molar-refractivity contribution in [3.63, 3.8) is 0 Å². The molecule has 1 aliphatic heterocycles. The topological polar surface area (TPSA) is 99.4 Å². The summed E-state index contributed by atoms with van der Waals surface area (Å²) in [5.74, 6) is 1.88. The number of nitrogens with two attached hydrogens (primary N) is 1. The normalized spacial score (nSPS) is 15.2. The van der Waals surface area contributed by atoms with Gasteiger partial charge in [0.25, 0.3) is 0 Å². The van der Waals surface area contributed by atoms with Crippen LogP contribution in [0, 0.1) is 11.3 Å². The molecule has 0 atom stereocenters. The molecule has 3 rings (SSSR count). The molecule has 0 bridgehead atoms. The summed E-state index contributed by atoms with van der Waals surface area (Å²) >= 11 is 0. The molecule has 2 aromatic rings. The summed E-state index contributed by atoms with van der Waals surface area (Å²) in [7, 11) is 4.11. The molecule has 1 aromatic carbocycles. The van der Waals surface area contributed by atoms with E-state index >= 15 is 0 Å². The van der Waals surface area contributed by atoms with Crippen molar-refractivity contribution in [3.05, 3.63) is 36.4 Å². The number of nitrogens with one attached hydrogen (secondary N) is 2. The van der Waals surface area contributed by atoms with Gasteiger partial charge in [0.05, 0.1) is 0 Å². The average molecular weight is 426 g/mol. The molecule has 31 heavy (non-hydrogen) atoms. The van der Waals surface area contributed by atoms with Crippen LogP contribution in [0.25, 0.3) is 0 Å². The molecule has 0 spiro atoms. The number of rotatable bonds is 8. The van der Waals surface area contributed by atoms with Crippen LogP contribution in [0.5, 0.6) is 0 Å². The van der Waals surface area contributed by atoms with Gasteiger partial charge in [0.15, 0.2) is 0 Å². The van der Waals surface area contributed by atoms with Crippen LogP contribution in [0.3, 0.4) is 0 Å². The molecule has 0 radical (unpaired) electrons. The monoisotopic (exact) mass is 425 g/mol. The highest BCUT2D eigenvalue weighted by molar-refractivity contribution is 5.79. The largest absolute Gasteiger partial charge is 0.368 e. The van der Waals surface area contributed by atoms with Gasteiger partial charge in [0, 0.05) is 43.9 Å². The van der Waals surface area contributed by atoms with Crippen LogP contribution in [0.1, 0.15) is 26.7 Å². The number of piperidine rings is 1. The van der Waals surface area contributed by atoms with Gasteiger partial charge in [-0.25, -0.2) is 0 Å². The second kappa shape index (κ2) is 9.96. The van der Waals surface area contributed by atoms with Crippen LogP contribution in [-0.4, -0.2) is 61.0 Å². The smallest absolute Gasteiger partial charge is 0.223 e. The van der Waals surface area contributed by atoms with Crippen LogP contribution in [0.15, 0.2) is 36.4 Å². The van der Waals surface area contributed by atoms with Crippen LogP contribution in [0.2, 0.25) is 0 Å². The molecular formula is C23H35N7O. The third-order valence-corrected chi connectivity index (χ3v) is 5.45. The minimum absolute atomic E-state index is 0.0347. The van der Waals surface area contributed by atoms with Gasteiger partial charge in [0.2, 0.25) is 11.9 Å². The molecule has 1 saturated heterocycles. The van der Waals surface area contributed by atoms with Crippen molar-refractivity contribution in [2.24, 2.45) is 11.3 Å². The summed E-state index contributed by atoms with van der Waals surface area (Å²) in [4.78, 5) is 25.7. The maximum absolute atomic E-state index is 12.7. The number of hydrogen-bond donors (Lipinski definition) is 3. The number of anilines is 4. The third kappa shape index (κ3) is 6.82. The van der Waals surface area contributed by atoms with Gasteiger partial charge >= 0.3 is 0 Å². The summed E-state index contributed by atoms with van der Waals surface area (Å²) in [5, 5.41) is 6.43. The standard InChI is InChI=1S/C23H35N7O/c1-23(2,16-29(3)4)15-25-21(31)17-10-12-30(13-11-17)20-14-19(27-22(24)28-20)26-18-8-6-5-7-9-18/h5-9,14,17H,10-13,15-16H2,1-4H3,(H,25,31)(H3,24,26,27,28). The highest BCUT2D eigenvalue weighted by Gasteiger charge is 2.28. The summed E-state index contributed by atoms with van der Waals surface area (Å²) in [5.41, 5.74) is 6.94. The fraction of sp³-hybridized carbons (Fsp3) is 0.522. The van der Waals surface area contributed by atoms with Gasteiger partial charge in [-0.05, 0) is 44.5 Å². The highest BCUT2D eigenvalue weighted by atomic mass is 16.1. The van der Waals surface area contributed by atoms with Crippen LogP contribution in [0.4, 0.5) is 23.3 Å². The van der Waals surface area contributed by atoms with Gasteiger partial charge in [0.1, 0.15) is 11.6 Å². The molecule has 4 N–H and O–H groups in total. The number of carbonyl (C=O) groups excluding carboxylic acids is 1. The summed E-state index contributed by atoms with van der Waals surface area (Å²) in [6, 6.07) is 11.8. The molecule has 1 aromatic heterocycles. The van der Waals surface area contributed by atoms with Gasteiger partial charge in [-0.15, -0.1) is 0 Å². The highest BCUT2D eigenvalue weighted by Crippen LogP contribution is 2.26. The van der Waals surface area contributed by atoms with E-state index in [2.05, 4.69) is 58.3 Å². The lowest BCUT2D eigenvalue weighted by Gasteiger charge is -2.33. The fourth-order valence-corrected chi connectivity index (χ4v) is 4.10. The van der Waals surface area contributed by atoms with E-state index in [4.69, 9.17) is 5.73 Å². The van der Waals surface area contributed by atoms with Crippen LogP contribution < -0.4 is 21.3 Å². The summed E-state index contributed by atoms with van der Waals surface area (Å²) in [6.45, 7) is 7.50. The first-order valence-corrected chi connectivity index (χ1v) is 10.9. The van der Waals surface area contributed by atoms with Gasteiger partial charge < -0.3 is 26.2 Å². The fourth-order valence-electron chi connectivity index (χ4n) is 4.10. The molecular weight excluding hydrogens is 390 g/mol. The van der Waals surface area contributed by atoms with Crippen molar-refractivity contribution in [1.29, 1.82) is 0 Å². The number of aromatic nitrogens is 2. The maximum Gasteiger partial charge on any atom is 0.223 e. The lowest BCUT2D eigenvalue weighted by atomic mass is 9.91. The Morgan fingerprint density at radius 2 is 1.87 bits per heavy atom. The van der Waals surface area contributed by atoms with E-state index in [1.54, 1.807) is 0 Å². The molecule has 0 saturated carbocycles. The Morgan fingerprint density at radius 3 is 2.52 bits per heavy atom. The molecule has 2 heterocycles. The van der Waals surface area contributed by atoms with E-state index in [1.165, 1.54) is 0 Å². The lowest BCUT2D eigenvalue weighted by molar-refractivity contribution is -0.126. The molecule has 8 heteroatoms. The Kier molecular flexibility index (Phi) is 7.33. The Bertz CT molecular complexity index is 861. The molecule has 0 unspecified atom stereocenters. The zero-order valence-corrected chi connectivity index (χ0v) is 19.1. The van der Waals surface area contributed by atoms with Crippen LogP contribution >= 0.6 is 0 Å². The third-order valence-electron chi connectivity index (χ3n) is 5.45. The number of hydrogen-bond acceptors (Lipinski definition) is 7. The molecule has 1 amide bonds. The minimum Gasteiger partial charge on any atom is -0.368 e. The molecule has 1 fully saturated rings. The van der Waals surface area contributed by atoms with Crippen molar-refractivity contribution >= 4 is 29.2 Å². The van der Waals surface area contributed by atoms with E-state index in [-0.39, 0.29) is 23.2 Å². The van der Waals surface area contributed by atoms with E-state index in [0.717, 1.165) is 44.0 Å². The Labute approximate surface area is 185 Å². The van der Waals surface area contributed by atoms with E-state index in [1.807, 2.05) is 36.4 Å². The molecule has 1 aliphatic rings. The first kappa shape index (κ1) is 22.8. The quantitative estimate of drug-likeness (QED) is 0.598. The van der Waals surface area contributed by atoms with Crippen LogP contribution in [-0.2, 0) is 4.79 Å². The predicted molar refractivity (Wildman–Crippen MR) is 126 cm³/mol. The van der Waals surface area contributed by atoms with E-state index in [9.17, 15) is 4.79 Å². The number of benzene rings is 1. The Hall–Kier alpha value is -2.87. The Morgan fingerprint density at radius 1 is 1.19 bits per heavy atom. The second-order valence-corrected chi connectivity index (χ2v) is 9.34. The van der Waals surface area contributed by atoms with E-state index in [0.29, 0.717) is 12.4 Å². The minimum atomic E-state index is 0.0347. The van der Waals surface area contributed by atoms with Gasteiger partial charge in [-0.1, -0.05) is 32.0 Å². The van der Waals surface area contributed by atoms with Crippen molar-refractivity contribution < 1.29 is 4.79 Å². The maximum atomic E-state index is 12.7. The lowest BCUT2D eigenvalue weighted by Crippen LogP contribution is -2.45. The van der Waals surface area contributed by atoms with E-state index < -0.39 is 0 Å². The first-order chi connectivity index (χ1) is 14.7. The Balaban J connectivity index is 1.55. The average Bonchev–Trinajstić information content (AvgIpc) is 2.71. The zero-order valence-electron chi connectivity index (χ0n) is 19.1. The van der Waals surface area contributed by atoms with Gasteiger partial charge in [-0.2, -0.15) is 9.97 Å². The predicted octanol–water partition coefficient (Wildman–Crippen LogP) is 2.72. The molecule has 168 valence electrons.